The van der Waals surface area contributed by atoms with E-state index in [1.807, 2.05) is 24.3 Å². The van der Waals surface area contributed by atoms with Gasteiger partial charge < -0.3 is 20.5 Å². The van der Waals surface area contributed by atoms with Crippen LogP contribution in [0.3, 0.4) is 0 Å². The summed E-state index contributed by atoms with van der Waals surface area (Å²) in [5, 5.41) is 2.87. The fraction of sp³-hybridized carbons (Fsp3) is 0.368. The Balaban J connectivity index is 1.57. The van der Waals surface area contributed by atoms with E-state index in [-0.39, 0.29) is 11.7 Å². The summed E-state index contributed by atoms with van der Waals surface area (Å²) in [5.74, 6) is 1.50. The van der Waals surface area contributed by atoms with Crippen LogP contribution in [0.4, 0.5) is 5.82 Å². The van der Waals surface area contributed by atoms with Crippen molar-refractivity contribution in [2.24, 2.45) is 5.92 Å². The molecule has 6 nitrogen and oxygen atoms in total. The van der Waals surface area contributed by atoms with Crippen LogP contribution in [0.2, 0.25) is 0 Å². The van der Waals surface area contributed by atoms with Crippen LogP contribution in [0.5, 0.6) is 5.75 Å². The maximum Gasteiger partial charge on any atom is 0.255 e. The Bertz CT molecular complexity index is 744. The fourth-order valence-corrected chi connectivity index (χ4v) is 2.46. The third-order valence-electron chi connectivity index (χ3n) is 4.05. The highest BCUT2D eigenvalue weighted by Crippen LogP contribution is 2.29. The molecule has 6 heteroatoms. The minimum atomic E-state index is -0.252. The van der Waals surface area contributed by atoms with Crippen molar-refractivity contribution in [1.82, 2.24) is 10.3 Å². The summed E-state index contributed by atoms with van der Waals surface area (Å²) in [7, 11) is 1.58. The van der Waals surface area contributed by atoms with Gasteiger partial charge in [0, 0.05) is 13.7 Å². The Hall–Kier alpha value is -2.60. The molecule has 0 saturated heterocycles. The number of nitrogens with zero attached hydrogens (tertiary/aromatic N) is 1. The van der Waals surface area contributed by atoms with E-state index in [1.54, 1.807) is 19.2 Å². The van der Waals surface area contributed by atoms with E-state index in [2.05, 4.69) is 10.3 Å². The molecule has 1 aliphatic carbocycles. The zero-order chi connectivity index (χ0) is 17.6. The van der Waals surface area contributed by atoms with Crippen LogP contribution in [-0.2, 0) is 17.9 Å². The molecule has 1 aliphatic rings. The van der Waals surface area contributed by atoms with E-state index in [0.29, 0.717) is 30.3 Å². The summed E-state index contributed by atoms with van der Waals surface area (Å²) >= 11 is 0. The SMILES string of the molecule is COCc1ccc(C(=O)NCc2cccc(OCC3CC3)c2)c(N)n1. The number of rotatable bonds is 8. The van der Waals surface area contributed by atoms with Crippen molar-refractivity contribution in [1.29, 1.82) is 0 Å². The zero-order valence-electron chi connectivity index (χ0n) is 14.3. The number of nitrogens with one attached hydrogen (secondary N) is 1. The highest BCUT2D eigenvalue weighted by Gasteiger charge is 2.21. The van der Waals surface area contributed by atoms with Gasteiger partial charge in [-0.2, -0.15) is 0 Å². The number of anilines is 1. The molecular weight excluding hydrogens is 318 g/mol. The summed E-state index contributed by atoms with van der Waals surface area (Å²) in [4.78, 5) is 16.5. The number of ether oxygens (including phenoxy) is 2. The predicted molar refractivity (Wildman–Crippen MR) is 95.2 cm³/mol. The van der Waals surface area contributed by atoms with Crippen molar-refractivity contribution in [2.45, 2.75) is 26.0 Å². The first-order chi connectivity index (χ1) is 12.2. The number of carbonyl (C=O) groups is 1. The Labute approximate surface area is 147 Å². The monoisotopic (exact) mass is 341 g/mol. The van der Waals surface area contributed by atoms with E-state index in [9.17, 15) is 4.79 Å². The van der Waals surface area contributed by atoms with Gasteiger partial charge in [0.1, 0.15) is 11.6 Å². The summed E-state index contributed by atoms with van der Waals surface area (Å²) in [5.41, 5.74) is 7.90. The standard InChI is InChI=1S/C19H23N3O3/c1-24-12-15-7-8-17(18(20)22-15)19(23)21-10-14-3-2-4-16(9-14)25-11-13-5-6-13/h2-4,7-9,13H,5-6,10-12H2,1H3,(H2,20,22)(H,21,23). The van der Waals surface area contributed by atoms with Crippen molar-refractivity contribution >= 4 is 11.7 Å². The molecule has 3 rings (SSSR count). The minimum absolute atomic E-state index is 0.202. The minimum Gasteiger partial charge on any atom is -0.493 e. The fourth-order valence-electron chi connectivity index (χ4n) is 2.46. The highest BCUT2D eigenvalue weighted by atomic mass is 16.5. The lowest BCUT2D eigenvalue weighted by Crippen LogP contribution is -2.24. The van der Waals surface area contributed by atoms with Crippen LogP contribution in [0.25, 0.3) is 0 Å². The van der Waals surface area contributed by atoms with E-state index < -0.39 is 0 Å². The van der Waals surface area contributed by atoms with Crippen molar-refractivity contribution in [3.8, 4) is 5.75 Å². The maximum absolute atomic E-state index is 12.3. The third-order valence-corrected chi connectivity index (χ3v) is 4.05. The molecular formula is C19H23N3O3. The second-order valence-corrected chi connectivity index (χ2v) is 6.25. The number of pyridine rings is 1. The van der Waals surface area contributed by atoms with Gasteiger partial charge in [0.25, 0.3) is 5.91 Å². The van der Waals surface area contributed by atoms with Crippen molar-refractivity contribution in [3.63, 3.8) is 0 Å². The van der Waals surface area contributed by atoms with Crippen LogP contribution in [0.15, 0.2) is 36.4 Å². The van der Waals surface area contributed by atoms with E-state index in [0.717, 1.165) is 17.9 Å². The van der Waals surface area contributed by atoms with Crippen LogP contribution in [-0.4, -0.2) is 24.6 Å². The summed E-state index contributed by atoms with van der Waals surface area (Å²) in [6.07, 6.45) is 2.52. The number of benzene rings is 1. The quantitative estimate of drug-likeness (QED) is 0.770. The van der Waals surface area contributed by atoms with Gasteiger partial charge in [-0.25, -0.2) is 4.98 Å². The smallest absolute Gasteiger partial charge is 0.255 e. The van der Waals surface area contributed by atoms with E-state index in [4.69, 9.17) is 15.2 Å². The number of hydrogen-bond acceptors (Lipinski definition) is 5. The van der Waals surface area contributed by atoms with Gasteiger partial charge in [-0.05, 0) is 48.6 Å². The second-order valence-electron chi connectivity index (χ2n) is 6.25. The molecule has 0 unspecified atom stereocenters. The highest BCUT2D eigenvalue weighted by molar-refractivity contribution is 5.98. The molecule has 0 radical (unpaired) electrons. The van der Waals surface area contributed by atoms with Gasteiger partial charge in [-0.15, -0.1) is 0 Å². The molecule has 1 heterocycles. The molecule has 1 saturated carbocycles. The molecule has 132 valence electrons. The van der Waals surface area contributed by atoms with Gasteiger partial charge in [0.2, 0.25) is 0 Å². The lowest BCUT2D eigenvalue weighted by molar-refractivity contribution is 0.0951. The molecule has 0 bridgehead atoms. The molecule has 1 amide bonds. The van der Waals surface area contributed by atoms with Crippen LogP contribution >= 0.6 is 0 Å². The summed E-state index contributed by atoms with van der Waals surface area (Å²) in [6, 6.07) is 11.2. The van der Waals surface area contributed by atoms with Gasteiger partial charge in [0.15, 0.2) is 0 Å². The van der Waals surface area contributed by atoms with Gasteiger partial charge >= 0.3 is 0 Å². The molecule has 0 atom stereocenters. The first-order valence-corrected chi connectivity index (χ1v) is 8.40. The van der Waals surface area contributed by atoms with Crippen molar-refractivity contribution in [3.05, 3.63) is 53.2 Å². The normalized spacial score (nSPS) is 13.5. The molecule has 0 aliphatic heterocycles. The lowest BCUT2D eigenvalue weighted by Gasteiger charge is -2.10. The van der Waals surface area contributed by atoms with Crippen LogP contribution in [0.1, 0.15) is 34.5 Å². The molecule has 3 N–H and O–H groups in total. The molecule has 0 spiro atoms. The first-order valence-electron chi connectivity index (χ1n) is 8.40. The van der Waals surface area contributed by atoms with Gasteiger partial charge in [0.05, 0.1) is 24.5 Å². The first kappa shape index (κ1) is 17.2. The summed E-state index contributed by atoms with van der Waals surface area (Å²) < 4.78 is 10.8. The van der Waals surface area contributed by atoms with Crippen LogP contribution < -0.4 is 15.8 Å². The van der Waals surface area contributed by atoms with E-state index >= 15 is 0 Å². The number of carbonyl (C=O) groups excluding carboxylic acids is 1. The van der Waals surface area contributed by atoms with Crippen LogP contribution in [0, 0.1) is 5.92 Å². The maximum atomic E-state index is 12.3. The van der Waals surface area contributed by atoms with Gasteiger partial charge in [-0.1, -0.05) is 12.1 Å². The predicted octanol–water partition coefficient (Wildman–Crippen LogP) is 2.53. The lowest BCUT2D eigenvalue weighted by atomic mass is 10.2. The molecule has 2 aromatic rings. The number of hydrogen-bond donors (Lipinski definition) is 2. The summed E-state index contributed by atoms with van der Waals surface area (Å²) in [6.45, 7) is 1.53. The Kier molecular flexibility index (Phi) is 5.50. The number of amides is 1. The topological polar surface area (TPSA) is 86.5 Å². The number of aromatic nitrogens is 1. The average Bonchev–Trinajstić information content (AvgIpc) is 3.43. The average molecular weight is 341 g/mol. The second kappa shape index (κ2) is 7.98. The van der Waals surface area contributed by atoms with Crippen molar-refractivity contribution in [2.75, 3.05) is 19.5 Å². The zero-order valence-corrected chi connectivity index (χ0v) is 14.3. The molecule has 1 aromatic heterocycles. The van der Waals surface area contributed by atoms with E-state index in [1.165, 1.54) is 12.8 Å². The molecule has 1 fully saturated rings. The molecule has 25 heavy (non-hydrogen) atoms. The Morgan fingerprint density at radius 3 is 2.88 bits per heavy atom. The third kappa shape index (κ3) is 4.93. The van der Waals surface area contributed by atoms with Gasteiger partial charge in [-0.3, -0.25) is 4.79 Å². The number of nitrogens with two attached hydrogens (primary N) is 1. The Morgan fingerprint density at radius 1 is 1.32 bits per heavy atom. The van der Waals surface area contributed by atoms with Crippen molar-refractivity contribution < 1.29 is 14.3 Å². The number of methoxy groups -OCH3 is 1. The molecule has 1 aromatic carbocycles. The Morgan fingerprint density at radius 2 is 2.16 bits per heavy atom. The largest absolute Gasteiger partial charge is 0.493 e. The number of nitrogen functional groups attached to an aromatic ring is 1.